The number of likely N-dealkylation sites (tertiary alicyclic amines) is 1. The van der Waals surface area contributed by atoms with Crippen molar-refractivity contribution in [1.29, 1.82) is 0 Å². The molecule has 2 aliphatic rings. The smallest absolute Gasteiger partial charge is 0.314 e. The van der Waals surface area contributed by atoms with Gasteiger partial charge in [0.15, 0.2) is 0 Å². The highest BCUT2D eigenvalue weighted by Crippen LogP contribution is 2.24. The maximum Gasteiger partial charge on any atom is 0.314 e. The molecule has 0 aliphatic carbocycles. The lowest BCUT2D eigenvalue weighted by atomic mass is 9.98. The number of piperidine rings is 1. The van der Waals surface area contributed by atoms with E-state index in [1.807, 2.05) is 29.2 Å². The second-order valence-corrected chi connectivity index (χ2v) is 9.16. The molecule has 0 saturated carbocycles. The van der Waals surface area contributed by atoms with Crippen LogP contribution in [0.15, 0.2) is 30.5 Å². The first-order chi connectivity index (χ1) is 17.3. The third kappa shape index (κ3) is 6.12. The van der Waals surface area contributed by atoms with Crippen molar-refractivity contribution < 1.29 is 14.4 Å². The van der Waals surface area contributed by atoms with Crippen LogP contribution in [0, 0.1) is 5.92 Å². The van der Waals surface area contributed by atoms with Crippen LogP contribution in [0.2, 0.25) is 0 Å². The number of carbonyl (C=O) groups excluding carboxylic acids is 3. The molecule has 2 aliphatic heterocycles. The van der Waals surface area contributed by atoms with Crippen LogP contribution >= 0.6 is 0 Å². The Morgan fingerprint density at radius 1 is 1.08 bits per heavy atom. The maximum atomic E-state index is 12.0. The van der Waals surface area contributed by atoms with E-state index in [0.717, 1.165) is 37.3 Å². The van der Waals surface area contributed by atoms with Crippen molar-refractivity contribution >= 4 is 41.0 Å². The number of amides is 4. The first-order valence-electron chi connectivity index (χ1n) is 12.1. The monoisotopic (exact) mass is 495 g/mol. The number of primary amides is 2. The molecule has 192 valence electrons. The zero-order valence-electron chi connectivity index (χ0n) is 20.4. The van der Waals surface area contributed by atoms with Crippen molar-refractivity contribution in [1.82, 2.24) is 19.8 Å². The lowest BCUT2D eigenvalue weighted by Crippen LogP contribution is -2.48. The minimum absolute atomic E-state index is 0.0970. The van der Waals surface area contributed by atoms with E-state index in [0.29, 0.717) is 44.5 Å². The molecule has 6 N–H and O–H groups in total. The summed E-state index contributed by atoms with van der Waals surface area (Å²) >= 11 is 0. The van der Waals surface area contributed by atoms with E-state index < -0.39 is 11.9 Å². The molecule has 0 radical (unpaired) electrons. The Morgan fingerprint density at radius 2 is 1.86 bits per heavy atom. The quantitative estimate of drug-likeness (QED) is 0.445. The van der Waals surface area contributed by atoms with Gasteiger partial charge >= 0.3 is 6.03 Å². The van der Waals surface area contributed by atoms with Gasteiger partial charge in [-0.25, -0.2) is 9.78 Å². The van der Waals surface area contributed by atoms with Gasteiger partial charge in [-0.2, -0.15) is 4.98 Å². The highest BCUT2D eigenvalue weighted by atomic mass is 16.2. The number of hydrogen-bond donors (Lipinski definition) is 4. The summed E-state index contributed by atoms with van der Waals surface area (Å²) < 4.78 is 0. The molecule has 4 rings (SSSR count). The van der Waals surface area contributed by atoms with Crippen LogP contribution in [0.1, 0.15) is 30.1 Å². The number of piperazine rings is 1. The van der Waals surface area contributed by atoms with E-state index in [1.165, 1.54) is 6.20 Å². The standard InChI is InChI=1S/C24H33N9O3/c1-16(34)31-8-10-32(11-9-31)19-6-2-5-18(12-19)29-24-28-14-20(21(25)35)22(30-24)27-13-17-4-3-7-33(15-17)23(26)36/h2,5-6,12,14,17H,3-4,7-11,13,15H2,1H3,(H2,25,35)(H2,26,36)(H2,27,28,29,30). The van der Waals surface area contributed by atoms with Crippen molar-refractivity contribution in [3.8, 4) is 0 Å². The fourth-order valence-corrected chi connectivity index (χ4v) is 4.62. The fraction of sp³-hybridized carbons (Fsp3) is 0.458. The van der Waals surface area contributed by atoms with Crippen molar-refractivity contribution in [2.75, 3.05) is 61.3 Å². The van der Waals surface area contributed by atoms with Crippen molar-refractivity contribution in [3.05, 3.63) is 36.0 Å². The predicted molar refractivity (Wildman–Crippen MR) is 137 cm³/mol. The number of nitrogens with two attached hydrogens (primary N) is 2. The van der Waals surface area contributed by atoms with Gasteiger partial charge in [-0.1, -0.05) is 6.07 Å². The number of urea groups is 1. The van der Waals surface area contributed by atoms with Gasteiger partial charge in [-0.3, -0.25) is 9.59 Å². The zero-order valence-corrected chi connectivity index (χ0v) is 20.4. The van der Waals surface area contributed by atoms with Crippen molar-refractivity contribution in [3.63, 3.8) is 0 Å². The summed E-state index contributed by atoms with van der Waals surface area (Å²) in [5.41, 5.74) is 13.0. The summed E-state index contributed by atoms with van der Waals surface area (Å²) in [5, 5.41) is 6.42. The number of nitrogens with zero attached hydrogens (tertiary/aromatic N) is 5. The first kappa shape index (κ1) is 25.0. The normalized spacial score (nSPS) is 18.0. The Kier molecular flexibility index (Phi) is 7.71. The number of benzene rings is 1. The highest BCUT2D eigenvalue weighted by Gasteiger charge is 2.23. The highest BCUT2D eigenvalue weighted by molar-refractivity contribution is 5.97. The molecule has 4 amide bonds. The van der Waals surface area contributed by atoms with Gasteiger partial charge in [0.2, 0.25) is 11.9 Å². The molecule has 1 atom stereocenters. The Morgan fingerprint density at radius 3 is 2.56 bits per heavy atom. The number of hydrogen-bond acceptors (Lipinski definition) is 8. The zero-order chi connectivity index (χ0) is 25.7. The van der Waals surface area contributed by atoms with E-state index >= 15 is 0 Å². The first-order valence-corrected chi connectivity index (χ1v) is 12.1. The molecule has 2 fully saturated rings. The average molecular weight is 496 g/mol. The summed E-state index contributed by atoms with van der Waals surface area (Å²) in [6.45, 7) is 6.23. The Hall–Kier alpha value is -4.09. The van der Waals surface area contributed by atoms with Crippen LogP contribution in [0.5, 0.6) is 0 Å². The van der Waals surface area contributed by atoms with Gasteiger partial charge in [0.05, 0.1) is 5.56 Å². The van der Waals surface area contributed by atoms with E-state index in [-0.39, 0.29) is 17.4 Å². The van der Waals surface area contributed by atoms with Gasteiger partial charge in [-0.15, -0.1) is 0 Å². The molecular weight excluding hydrogens is 462 g/mol. The number of anilines is 4. The Labute approximate surface area is 210 Å². The fourth-order valence-electron chi connectivity index (χ4n) is 4.62. The van der Waals surface area contributed by atoms with Gasteiger partial charge in [0, 0.05) is 70.3 Å². The van der Waals surface area contributed by atoms with E-state index in [2.05, 4.69) is 25.5 Å². The minimum Gasteiger partial charge on any atom is -0.369 e. The molecule has 3 heterocycles. The van der Waals surface area contributed by atoms with Crippen LogP contribution in [-0.2, 0) is 4.79 Å². The van der Waals surface area contributed by atoms with E-state index in [4.69, 9.17) is 11.5 Å². The van der Waals surface area contributed by atoms with Crippen LogP contribution in [0.4, 0.5) is 27.9 Å². The lowest BCUT2D eigenvalue weighted by Gasteiger charge is -2.35. The van der Waals surface area contributed by atoms with Gasteiger partial charge in [0.25, 0.3) is 5.91 Å². The number of carbonyl (C=O) groups is 3. The molecule has 12 nitrogen and oxygen atoms in total. The van der Waals surface area contributed by atoms with Crippen LogP contribution in [0.25, 0.3) is 0 Å². The minimum atomic E-state index is -0.627. The molecule has 2 aromatic rings. The Balaban J connectivity index is 1.43. The summed E-state index contributed by atoms with van der Waals surface area (Å²) in [6, 6.07) is 7.46. The SMILES string of the molecule is CC(=O)N1CCN(c2cccc(Nc3ncc(C(N)=O)c(NCC4CCCN(C(N)=O)C4)n3)c2)CC1. The van der Waals surface area contributed by atoms with E-state index in [9.17, 15) is 14.4 Å². The number of rotatable bonds is 7. The Bertz CT molecular complexity index is 1120. The van der Waals surface area contributed by atoms with Crippen LogP contribution in [-0.4, -0.2) is 83.4 Å². The summed E-state index contributed by atoms with van der Waals surface area (Å²) in [7, 11) is 0. The number of aromatic nitrogens is 2. The van der Waals surface area contributed by atoms with Crippen molar-refractivity contribution in [2.45, 2.75) is 19.8 Å². The third-order valence-electron chi connectivity index (χ3n) is 6.64. The second kappa shape index (κ2) is 11.1. The summed E-state index contributed by atoms with van der Waals surface area (Å²) in [4.78, 5) is 49.5. The second-order valence-electron chi connectivity index (χ2n) is 9.16. The number of nitrogens with one attached hydrogen (secondary N) is 2. The average Bonchev–Trinajstić information content (AvgIpc) is 2.88. The third-order valence-corrected chi connectivity index (χ3v) is 6.64. The molecule has 1 aromatic carbocycles. The maximum absolute atomic E-state index is 12.0. The van der Waals surface area contributed by atoms with Gasteiger partial charge in [0.1, 0.15) is 5.82 Å². The molecule has 36 heavy (non-hydrogen) atoms. The molecule has 1 unspecified atom stereocenters. The molecule has 0 bridgehead atoms. The molecule has 12 heteroatoms. The van der Waals surface area contributed by atoms with Gasteiger partial charge in [-0.05, 0) is 37.0 Å². The topological polar surface area (TPSA) is 163 Å². The van der Waals surface area contributed by atoms with E-state index in [1.54, 1.807) is 11.8 Å². The molecular formula is C24H33N9O3. The van der Waals surface area contributed by atoms with Crippen LogP contribution < -0.4 is 27.0 Å². The van der Waals surface area contributed by atoms with Gasteiger partial charge < -0.3 is 36.8 Å². The molecule has 0 spiro atoms. The molecule has 1 aromatic heterocycles. The largest absolute Gasteiger partial charge is 0.369 e. The summed E-state index contributed by atoms with van der Waals surface area (Å²) in [6.07, 6.45) is 3.21. The van der Waals surface area contributed by atoms with Crippen LogP contribution in [0.3, 0.4) is 0 Å². The molecule has 2 saturated heterocycles. The lowest BCUT2D eigenvalue weighted by molar-refractivity contribution is -0.129. The summed E-state index contributed by atoms with van der Waals surface area (Å²) in [5.74, 6) is 0.313. The van der Waals surface area contributed by atoms with Crippen molar-refractivity contribution in [2.24, 2.45) is 17.4 Å². The predicted octanol–water partition coefficient (Wildman–Crippen LogP) is 1.19.